The minimum atomic E-state index is 0.737. The lowest BCUT2D eigenvalue weighted by atomic mass is 9.83. The highest BCUT2D eigenvalue weighted by atomic mass is 16.5. The molecule has 1 nitrogen and oxygen atoms in total. The van der Waals surface area contributed by atoms with Gasteiger partial charge in [0.2, 0.25) is 0 Å². The van der Waals surface area contributed by atoms with Gasteiger partial charge >= 0.3 is 0 Å². The van der Waals surface area contributed by atoms with Crippen molar-refractivity contribution in [3.8, 4) is 0 Å². The molecule has 15 heavy (non-hydrogen) atoms. The fourth-order valence-electron chi connectivity index (χ4n) is 2.43. The number of ether oxygens (including phenoxy) is 1. The predicted octanol–water partition coefficient (Wildman–Crippen LogP) is 4.45. The van der Waals surface area contributed by atoms with E-state index in [9.17, 15) is 0 Å². The zero-order valence-corrected chi connectivity index (χ0v) is 10.4. The molecule has 0 atom stereocenters. The van der Waals surface area contributed by atoms with Crippen molar-refractivity contribution in [3.63, 3.8) is 0 Å². The second-order valence-corrected chi connectivity index (χ2v) is 4.28. The van der Waals surface area contributed by atoms with E-state index >= 15 is 0 Å². The quantitative estimate of drug-likeness (QED) is 0.490. The van der Waals surface area contributed by atoms with Crippen LogP contribution in [0.4, 0.5) is 0 Å². The first kappa shape index (κ1) is 12.4. The van der Waals surface area contributed by atoms with E-state index in [4.69, 9.17) is 4.74 Å². The first-order valence-electron chi connectivity index (χ1n) is 6.25. The lowest BCUT2D eigenvalue weighted by Gasteiger charge is -2.24. The van der Waals surface area contributed by atoms with Gasteiger partial charge in [-0.2, -0.15) is 0 Å². The van der Waals surface area contributed by atoms with Crippen LogP contribution in [0, 0.1) is 5.92 Å². The Morgan fingerprint density at radius 3 is 2.47 bits per heavy atom. The van der Waals surface area contributed by atoms with Gasteiger partial charge in [-0.25, -0.2) is 0 Å². The molecule has 0 radical (unpaired) electrons. The molecule has 0 bridgehead atoms. The van der Waals surface area contributed by atoms with Crippen molar-refractivity contribution in [2.75, 3.05) is 6.61 Å². The van der Waals surface area contributed by atoms with Crippen molar-refractivity contribution in [2.45, 2.75) is 52.9 Å². The van der Waals surface area contributed by atoms with Crippen molar-refractivity contribution in [2.24, 2.45) is 5.92 Å². The molecule has 1 heteroatoms. The minimum Gasteiger partial charge on any atom is -0.498 e. The second-order valence-electron chi connectivity index (χ2n) is 4.28. The highest BCUT2D eigenvalue weighted by Crippen LogP contribution is 2.32. The van der Waals surface area contributed by atoms with Gasteiger partial charge in [-0.3, -0.25) is 0 Å². The molecule has 0 N–H and O–H groups in total. The van der Waals surface area contributed by atoms with Crippen molar-refractivity contribution in [1.29, 1.82) is 0 Å². The van der Waals surface area contributed by atoms with Gasteiger partial charge in [-0.1, -0.05) is 31.4 Å². The molecule has 1 saturated carbocycles. The van der Waals surface area contributed by atoms with Crippen LogP contribution in [0.25, 0.3) is 0 Å². The first-order chi connectivity index (χ1) is 7.29. The Morgan fingerprint density at radius 2 is 1.93 bits per heavy atom. The van der Waals surface area contributed by atoms with E-state index in [1.165, 1.54) is 37.7 Å². The summed E-state index contributed by atoms with van der Waals surface area (Å²) in [6.07, 6.45) is 11.2. The summed E-state index contributed by atoms with van der Waals surface area (Å²) >= 11 is 0. The van der Waals surface area contributed by atoms with Gasteiger partial charge in [0.25, 0.3) is 0 Å². The molecule has 0 unspecified atom stereocenters. The molecule has 86 valence electrons. The molecular formula is C14H24O. The van der Waals surface area contributed by atoms with Crippen molar-refractivity contribution < 1.29 is 4.74 Å². The maximum atomic E-state index is 5.64. The van der Waals surface area contributed by atoms with E-state index in [-0.39, 0.29) is 0 Å². The molecule has 0 saturated heterocycles. The van der Waals surface area contributed by atoms with Crippen molar-refractivity contribution in [3.05, 3.63) is 23.5 Å². The number of hydrogen-bond acceptors (Lipinski definition) is 1. The molecule has 0 aromatic heterocycles. The van der Waals surface area contributed by atoms with Gasteiger partial charge in [-0.15, -0.1) is 0 Å². The highest BCUT2D eigenvalue weighted by molar-refractivity contribution is 5.24. The lowest BCUT2D eigenvalue weighted by molar-refractivity contribution is 0.222. The van der Waals surface area contributed by atoms with Gasteiger partial charge < -0.3 is 4.74 Å². The smallest absolute Gasteiger partial charge is 0.0963 e. The SMILES string of the molecule is C/C=C\C(=C(/C)OCC)C1CCCCC1. The zero-order valence-electron chi connectivity index (χ0n) is 10.4. The molecule has 0 amide bonds. The molecule has 0 aliphatic heterocycles. The summed E-state index contributed by atoms with van der Waals surface area (Å²) in [7, 11) is 0. The van der Waals surface area contributed by atoms with E-state index < -0.39 is 0 Å². The molecule has 0 aromatic carbocycles. The third-order valence-electron chi connectivity index (χ3n) is 3.16. The van der Waals surface area contributed by atoms with Crippen LogP contribution in [0.2, 0.25) is 0 Å². The molecule has 0 spiro atoms. The largest absolute Gasteiger partial charge is 0.498 e. The Kier molecular flexibility index (Phi) is 5.52. The summed E-state index contributed by atoms with van der Waals surface area (Å²) < 4.78 is 5.64. The van der Waals surface area contributed by atoms with Crippen LogP contribution in [0.15, 0.2) is 23.5 Å². The third kappa shape index (κ3) is 3.73. The van der Waals surface area contributed by atoms with Gasteiger partial charge in [0, 0.05) is 0 Å². The molecular weight excluding hydrogens is 184 g/mol. The summed E-state index contributed by atoms with van der Waals surface area (Å²) in [5.41, 5.74) is 1.43. The van der Waals surface area contributed by atoms with Crippen LogP contribution >= 0.6 is 0 Å². The fraction of sp³-hybridized carbons (Fsp3) is 0.714. The summed E-state index contributed by atoms with van der Waals surface area (Å²) in [6.45, 7) is 7.02. The molecule has 1 fully saturated rings. The van der Waals surface area contributed by atoms with Crippen LogP contribution < -0.4 is 0 Å². The van der Waals surface area contributed by atoms with Crippen LogP contribution in [0.5, 0.6) is 0 Å². The standard InChI is InChI=1S/C14H24O/c1-4-9-14(12(3)15-5-2)13-10-7-6-8-11-13/h4,9,13H,5-8,10-11H2,1-3H3/b9-4-,14-12-. The van der Waals surface area contributed by atoms with Gasteiger partial charge in [0.15, 0.2) is 0 Å². The van der Waals surface area contributed by atoms with Gasteiger partial charge in [0.1, 0.15) is 0 Å². The highest BCUT2D eigenvalue weighted by Gasteiger charge is 2.18. The molecule has 0 aromatic rings. The predicted molar refractivity (Wildman–Crippen MR) is 65.7 cm³/mol. The van der Waals surface area contributed by atoms with Crippen LogP contribution in [-0.2, 0) is 4.74 Å². The maximum Gasteiger partial charge on any atom is 0.0963 e. The minimum absolute atomic E-state index is 0.737. The molecule has 1 aliphatic carbocycles. The Morgan fingerprint density at radius 1 is 1.27 bits per heavy atom. The first-order valence-corrected chi connectivity index (χ1v) is 6.25. The average molecular weight is 208 g/mol. The Hall–Kier alpha value is -0.720. The van der Waals surface area contributed by atoms with E-state index in [1.54, 1.807) is 0 Å². The fourth-order valence-corrected chi connectivity index (χ4v) is 2.43. The third-order valence-corrected chi connectivity index (χ3v) is 3.16. The monoisotopic (exact) mass is 208 g/mol. The second kappa shape index (κ2) is 6.71. The van der Waals surface area contributed by atoms with Gasteiger partial charge in [0.05, 0.1) is 12.4 Å². The zero-order chi connectivity index (χ0) is 11.1. The average Bonchev–Trinajstić information content (AvgIpc) is 2.27. The lowest BCUT2D eigenvalue weighted by Crippen LogP contribution is -2.10. The number of allylic oxidation sites excluding steroid dienone is 4. The van der Waals surface area contributed by atoms with E-state index in [0.717, 1.165) is 18.3 Å². The summed E-state index contributed by atoms with van der Waals surface area (Å²) in [5.74, 6) is 1.86. The topological polar surface area (TPSA) is 9.23 Å². The number of rotatable bonds is 4. The summed E-state index contributed by atoms with van der Waals surface area (Å²) in [6, 6.07) is 0. The van der Waals surface area contributed by atoms with Gasteiger partial charge in [-0.05, 0) is 45.1 Å². The normalized spacial score (nSPS) is 20.5. The molecule has 1 rings (SSSR count). The van der Waals surface area contributed by atoms with Crippen molar-refractivity contribution >= 4 is 0 Å². The van der Waals surface area contributed by atoms with E-state index in [0.29, 0.717) is 0 Å². The van der Waals surface area contributed by atoms with Crippen LogP contribution in [0.1, 0.15) is 52.9 Å². The summed E-state index contributed by atoms with van der Waals surface area (Å²) in [5, 5.41) is 0. The number of hydrogen-bond donors (Lipinski definition) is 0. The Labute approximate surface area is 94.2 Å². The van der Waals surface area contributed by atoms with Crippen LogP contribution in [0.3, 0.4) is 0 Å². The van der Waals surface area contributed by atoms with E-state index in [2.05, 4.69) is 32.9 Å². The summed E-state index contributed by atoms with van der Waals surface area (Å²) in [4.78, 5) is 0. The molecule has 0 heterocycles. The Bertz CT molecular complexity index is 232. The van der Waals surface area contributed by atoms with Crippen molar-refractivity contribution in [1.82, 2.24) is 0 Å². The molecule has 1 aliphatic rings. The van der Waals surface area contributed by atoms with E-state index in [1.807, 2.05) is 0 Å². The maximum absolute atomic E-state index is 5.64. The Balaban J connectivity index is 2.75. The van der Waals surface area contributed by atoms with Crippen LogP contribution in [-0.4, -0.2) is 6.61 Å².